The van der Waals surface area contributed by atoms with E-state index in [2.05, 4.69) is 15.3 Å². The van der Waals surface area contributed by atoms with Crippen LogP contribution in [0.1, 0.15) is 12.8 Å². The molecule has 3 heterocycles. The molecular weight excluding hydrogens is 270 g/mol. The molecule has 0 aromatic carbocycles. The lowest BCUT2D eigenvalue weighted by molar-refractivity contribution is 0.0595. The SMILES string of the molecule is Clc1nc(NCC2CCCOC2)c2ccsc2n1. The van der Waals surface area contributed by atoms with E-state index >= 15 is 0 Å². The van der Waals surface area contributed by atoms with Crippen LogP contribution in [0.4, 0.5) is 5.82 Å². The van der Waals surface area contributed by atoms with Crippen molar-refractivity contribution >= 4 is 39.0 Å². The van der Waals surface area contributed by atoms with Gasteiger partial charge >= 0.3 is 0 Å². The van der Waals surface area contributed by atoms with Gasteiger partial charge in [0.1, 0.15) is 10.6 Å². The summed E-state index contributed by atoms with van der Waals surface area (Å²) < 4.78 is 5.47. The zero-order valence-corrected chi connectivity index (χ0v) is 11.4. The molecule has 1 saturated heterocycles. The Morgan fingerprint density at radius 2 is 2.44 bits per heavy atom. The fraction of sp³-hybridized carbons (Fsp3) is 0.500. The normalized spacial score (nSPS) is 20.2. The van der Waals surface area contributed by atoms with E-state index in [0.29, 0.717) is 11.2 Å². The van der Waals surface area contributed by atoms with Crippen molar-refractivity contribution in [2.45, 2.75) is 12.8 Å². The predicted octanol–water partition coefficient (Wildman–Crippen LogP) is 3.18. The highest BCUT2D eigenvalue weighted by Crippen LogP contribution is 2.26. The molecule has 0 amide bonds. The van der Waals surface area contributed by atoms with Crippen LogP contribution in [-0.2, 0) is 4.74 Å². The van der Waals surface area contributed by atoms with Crippen molar-refractivity contribution in [2.75, 3.05) is 25.1 Å². The number of hydrogen-bond acceptors (Lipinski definition) is 5. The monoisotopic (exact) mass is 283 g/mol. The Morgan fingerprint density at radius 1 is 1.50 bits per heavy atom. The summed E-state index contributed by atoms with van der Waals surface area (Å²) in [7, 11) is 0. The van der Waals surface area contributed by atoms with Crippen molar-refractivity contribution in [3.8, 4) is 0 Å². The van der Waals surface area contributed by atoms with Gasteiger partial charge in [0.15, 0.2) is 0 Å². The molecule has 0 bridgehead atoms. The summed E-state index contributed by atoms with van der Waals surface area (Å²) >= 11 is 7.50. The number of hydrogen-bond donors (Lipinski definition) is 1. The van der Waals surface area contributed by atoms with Crippen molar-refractivity contribution in [1.29, 1.82) is 0 Å². The minimum atomic E-state index is 0.298. The second kappa shape index (κ2) is 5.38. The Kier molecular flexibility index (Phi) is 3.63. The summed E-state index contributed by atoms with van der Waals surface area (Å²) in [5.41, 5.74) is 0. The third-order valence-electron chi connectivity index (χ3n) is 3.11. The zero-order chi connectivity index (χ0) is 12.4. The van der Waals surface area contributed by atoms with Crippen LogP contribution in [0.15, 0.2) is 11.4 Å². The lowest BCUT2D eigenvalue weighted by Crippen LogP contribution is -2.24. The number of halogens is 1. The van der Waals surface area contributed by atoms with E-state index in [1.807, 2.05) is 11.4 Å². The molecule has 4 nitrogen and oxygen atoms in total. The Morgan fingerprint density at radius 3 is 3.28 bits per heavy atom. The lowest BCUT2D eigenvalue weighted by Gasteiger charge is -2.22. The number of thiophene rings is 1. The van der Waals surface area contributed by atoms with Crippen molar-refractivity contribution in [2.24, 2.45) is 5.92 Å². The van der Waals surface area contributed by atoms with E-state index < -0.39 is 0 Å². The van der Waals surface area contributed by atoms with Crippen LogP contribution in [0.3, 0.4) is 0 Å². The number of ether oxygens (including phenoxy) is 1. The first-order valence-corrected chi connectivity index (χ1v) is 7.31. The average Bonchev–Trinajstić information content (AvgIpc) is 2.85. The van der Waals surface area contributed by atoms with E-state index in [0.717, 1.165) is 42.2 Å². The minimum Gasteiger partial charge on any atom is -0.381 e. The summed E-state index contributed by atoms with van der Waals surface area (Å²) in [5, 5.41) is 6.72. The molecule has 96 valence electrons. The topological polar surface area (TPSA) is 47.0 Å². The fourth-order valence-corrected chi connectivity index (χ4v) is 3.16. The summed E-state index contributed by atoms with van der Waals surface area (Å²) in [6.07, 6.45) is 2.35. The van der Waals surface area contributed by atoms with Gasteiger partial charge in [-0.15, -0.1) is 11.3 Å². The van der Waals surface area contributed by atoms with E-state index in [1.165, 1.54) is 6.42 Å². The summed E-state index contributed by atoms with van der Waals surface area (Å²) in [6, 6.07) is 2.02. The second-order valence-electron chi connectivity index (χ2n) is 4.44. The average molecular weight is 284 g/mol. The molecule has 2 aromatic rings. The maximum Gasteiger partial charge on any atom is 0.225 e. The quantitative estimate of drug-likeness (QED) is 0.879. The van der Waals surface area contributed by atoms with Crippen molar-refractivity contribution in [3.05, 3.63) is 16.7 Å². The van der Waals surface area contributed by atoms with Gasteiger partial charge < -0.3 is 10.1 Å². The summed E-state index contributed by atoms with van der Waals surface area (Å²) in [6.45, 7) is 2.60. The smallest absolute Gasteiger partial charge is 0.225 e. The number of nitrogens with zero attached hydrogens (tertiary/aromatic N) is 2. The highest BCUT2D eigenvalue weighted by atomic mass is 35.5. The molecule has 18 heavy (non-hydrogen) atoms. The third-order valence-corrected chi connectivity index (χ3v) is 4.09. The van der Waals surface area contributed by atoms with E-state index in [9.17, 15) is 0 Å². The van der Waals surface area contributed by atoms with Crippen molar-refractivity contribution in [1.82, 2.24) is 9.97 Å². The Hall–Kier alpha value is -0.910. The van der Waals surface area contributed by atoms with Crippen LogP contribution in [0.2, 0.25) is 5.28 Å². The molecule has 1 atom stereocenters. The molecule has 1 aliphatic rings. The molecule has 0 aliphatic carbocycles. The van der Waals surface area contributed by atoms with Gasteiger partial charge in [0.05, 0.1) is 12.0 Å². The van der Waals surface area contributed by atoms with E-state index in [1.54, 1.807) is 11.3 Å². The fourth-order valence-electron chi connectivity index (χ4n) is 2.17. The molecular formula is C12H14ClN3OS. The van der Waals surface area contributed by atoms with Crippen LogP contribution >= 0.6 is 22.9 Å². The molecule has 1 fully saturated rings. The number of nitrogens with one attached hydrogen (secondary N) is 1. The Labute approximate surface area is 114 Å². The molecule has 0 spiro atoms. The van der Waals surface area contributed by atoms with Crippen LogP contribution in [0.25, 0.3) is 10.2 Å². The van der Waals surface area contributed by atoms with Crippen LogP contribution in [-0.4, -0.2) is 29.7 Å². The van der Waals surface area contributed by atoms with Gasteiger partial charge in [-0.25, -0.2) is 9.97 Å². The van der Waals surface area contributed by atoms with E-state index in [4.69, 9.17) is 16.3 Å². The molecule has 0 radical (unpaired) electrons. The molecule has 2 aromatic heterocycles. The number of fused-ring (bicyclic) bond motifs is 1. The maximum atomic E-state index is 5.92. The van der Waals surface area contributed by atoms with Crippen molar-refractivity contribution in [3.63, 3.8) is 0 Å². The van der Waals surface area contributed by atoms with Gasteiger partial charge in [-0.3, -0.25) is 0 Å². The molecule has 6 heteroatoms. The van der Waals surface area contributed by atoms with Gasteiger partial charge in [-0.05, 0) is 41.8 Å². The van der Waals surface area contributed by atoms with Crippen LogP contribution in [0.5, 0.6) is 0 Å². The van der Waals surface area contributed by atoms with Gasteiger partial charge in [0.2, 0.25) is 5.28 Å². The first-order chi connectivity index (χ1) is 8.83. The third kappa shape index (κ3) is 2.58. The molecule has 1 aliphatic heterocycles. The standard InChI is InChI=1S/C12H14ClN3OS/c13-12-15-10(9-3-5-18-11(9)16-12)14-6-8-2-1-4-17-7-8/h3,5,8H,1-2,4,6-7H2,(H,14,15,16). The van der Waals surface area contributed by atoms with Crippen LogP contribution < -0.4 is 5.32 Å². The molecule has 1 N–H and O–H groups in total. The highest BCUT2D eigenvalue weighted by Gasteiger charge is 2.15. The van der Waals surface area contributed by atoms with Gasteiger partial charge in [-0.1, -0.05) is 0 Å². The first-order valence-electron chi connectivity index (χ1n) is 6.05. The maximum absolute atomic E-state index is 5.92. The molecule has 3 rings (SSSR count). The van der Waals surface area contributed by atoms with Crippen molar-refractivity contribution < 1.29 is 4.74 Å². The lowest BCUT2D eigenvalue weighted by atomic mass is 10.0. The number of rotatable bonds is 3. The minimum absolute atomic E-state index is 0.298. The number of anilines is 1. The Balaban J connectivity index is 1.75. The highest BCUT2D eigenvalue weighted by molar-refractivity contribution is 7.16. The summed E-state index contributed by atoms with van der Waals surface area (Å²) in [4.78, 5) is 9.39. The molecule has 0 saturated carbocycles. The van der Waals surface area contributed by atoms with Gasteiger partial charge in [0, 0.05) is 13.2 Å². The van der Waals surface area contributed by atoms with Gasteiger partial charge in [0.25, 0.3) is 0 Å². The van der Waals surface area contributed by atoms with Gasteiger partial charge in [-0.2, -0.15) is 0 Å². The summed E-state index contributed by atoms with van der Waals surface area (Å²) in [5.74, 6) is 1.39. The first kappa shape index (κ1) is 12.1. The largest absolute Gasteiger partial charge is 0.381 e. The zero-order valence-electron chi connectivity index (χ0n) is 9.86. The van der Waals surface area contributed by atoms with Crippen LogP contribution in [0, 0.1) is 5.92 Å². The second-order valence-corrected chi connectivity index (χ2v) is 5.68. The van der Waals surface area contributed by atoms with E-state index in [-0.39, 0.29) is 0 Å². The predicted molar refractivity (Wildman–Crippen MR) is 74.5 cm³/mol. The number of aromatic nitrogens is 2. The molecule has 1 unspecified atom stereocenters. The Bertz CT molecular complexity index is 539.